The molecule has 0 aromatic heterocycles. The van der Waals surface area contributed by atoms with Crippen LogP contribution in [0, 0.1) is 5.92 Å². The fourth-order valence-electron chi connectivity index (χ4n) is 4.66. The summed E-state index contributed by atoms with van der Waals surface area (Å²) in [6.45, 7) is 2.38. The predicted molar refractivity (Wildman–Crippen MR) is 112 cm³/mol. The summed E-state index contributed by atoms with van der Waals surface area (Å²) in [4.78, 5) is 0. The summed E-state index contributed by atoms with van der Waals surface area (Å²) in [6.07, 6.45) is 7.01. The molecule has 1 heteroatoms. The summed E-state index contributed by atoms with van der Waals surface area (Å²) < 4.78 is 0. The molecule has 0 heterocycles. The van der Waals surface area contributed by atoms with E-state index in [9.17, 15) is 0 Å². The van der Waals surface area contributed by atoms with E-state index < -0.39 is 0 Å². The first kappa shape index (κ1) is 15.9. The van der Waals surface area contributed by atoms with Gasteiger partial charge in [-0.1, -0.05) is 84.8 Å². The quantitative estimate of drug-likeness (QED) is 0.433. The highest BCUT2D eigenvalue weighted by molar-refractivity contribution is 6.31. The molecule has 2 unspecified atom stereocenters. The Bertz CT molecular complexity index is 1060. The molecule has 0 fully saturated rings. The van der Waals surface area contributed by atoms with E-state index in [1.165, 1.54) is 33.0 Å². The van der Waals surface area contributed by atoms with Crippen LogP contribution in [-0.2, 0) is 6.42 Å². The van der Waals surface area contributed by atoms with E-state index in [1.54, 1.807) is 5.57 Å². The number of halogens is 1. The molecule has 0 spiro atoms. The van der Waals surface area contributed by atoms with Crippen LogP contribution in [0.25, 0.3) is 16.3 Å². The van der Waals surface area contributed by atoms with Crippen molar-refractivity contribution >= 4 is 27.9 Å². The molecule has 2 aliphatic carbocycles. The molecule has 5 rings (SSSR count). The lowest BCUT2D eigenvalue weighted by Gasteiger charge is -2.33. The summed E-state index contributed by atoms with van der Waals surface area (Å²) in [6, 6.07) is 21.7. The van der Waals surface area contributed by atoms with Crippen LogP contribution in [0.1, 0.15) is 36.0 Å². The summed E-state index contributed by atoms with van der Waals surface area (Å²) in [5.74, 6) is 1.08. The highest BCUT2D eigenvalue weighted by atomic mass is 35.5. The zero-order chi connectivity index (χ0) is 17.7. The molecule has 0 nitrogen and oxygen atoms in total. The van der Waals surface area contributed by atoms with Gasteiger partial charge in [0, 0.05) is 10.9 Å². The van der Waals surface area contributed by atoms with Crippen molar-refractivity contribution in [1.82, 2.24) is 0 Å². The molecule has 0 saturated carbocycles. The summed E-state index contributed by atoms with van der Waals surface area (Å²) in [5.41, 5.74) is 7.37. The maximum atomic E-state index is 6.19. The van der Waals surface area contributed by atoms with E-state index in [0.717, 1.165) is 17.9 Å². The molecule has 3 aromatic rings. The van der Waals surface area contributed by atoms with Gasteiger partial charge in [-0.25, -0.2) is 0 Å². The Morgan fingerprint density at radius 3 is 2.62 bits per heavy atom. The van der Waals surface area contributed by atoms with Crippen LogP contribution in [0.2, 0.25) is 5.02 Å². The molecule has 0 saturated heterocycles. The van der Waals surface area contributed by atoms with E-state index >= 15 is 0 Å². The van der Waals surface area contributed by atoms with E-state index in [-0.39, 0.29) is 0 Å². The van der Waals surface area contributed by atoms with E-state index in [0.29, 0.717) is 11.8 Å². The molecule has 0 N–H and O–H groups in total. The molecule has 3 aromatic carbocycles. The molecule has 0 amide bonds. The lowest BCUT2D eigenvalue weighted by Crippen LogP contribution is -2.18. The van der Waals surface area contributed by atoms with Crippen LogP contribution in [0.3, 0.4) is 0 Å². The normalized spacial score (nSPS) is 21.6. The van der Waals surface area contributed by atoms with Gasteiger partial charge in [-0.15, -0.1) is 0 Å². The topological polar surface area (TPSA) is 0 Å². The van der Waals surface area contributed by atoms with Crippen molar-refractivity contribution in [2.24, 2.45) is 5.92 Å². The van der Waals surface area contributed by atoms with Gasteiger partial charge in [0.05, 0.1) is 0 Å². The second-order valence-electron chi connectivity index (χ2n) is 7.58. The number of hydrogen-bond donors (Lipinski definition) is 0. The summed E-state index contributed by atoms with van der Waals surface area (Å²) in [5, 5.41) is 3.41. The Morgan fingerprint density at radius 1 is 0.923 bits per heavy atom. The van der Waals surface area contributed by atoms with Crippen LogP contribution in [0.4, 0.5) is 0 Å². The monoisotopic (exact) mass is 356 g/mol. The fraction of sp³-hybridized carbons (Fsp3) is 0.200. The van der Waals surface area contributed by atoms with Gasteiger partial charge in [0.1, 0.15) is 0 Å². The van der Waals surface area contributed by atoms with Crippen LogP contribution in [-0.4, -0.2) is 0 Å². The van der Waals surface area contributed by atoms with Gasteiger partial charge in [0.2, 0.25) is 0 Å². The number of benzene rings is 3. The molecule has 2 aliphatic rings. The Kier molecular flexibility index (Phi) is 3.76. The molecule has 0 aliphatic heterocycles. The lowest BCUT2D eigenvalue weighted by molar-refractivity contribution is 0.614. The number of hydrogen-bond acceptors (Lipinski definition) is 0. The molecule has 0 radical (unpaired) electrons. The van der Waals surface area contributed by atoms with Crippen LogP contribution in [0.15, 0.2) is 78.4 Å². The minimum atomic E-state index is 0.498. The SMILES string of the molecule is CC1Cc2c(ccc3cc(Cl)ccc23)C2=C1CC(c1ccccc1)C=C2. The Morgan fingerprint density at radius 2 is 1.77 bits per heavy atom. The summed E-state index contributed by atoms with van der Waals surface area (Å²) in [7, 11) is 0. The second-order valence-corrected chi connectivity index (χ2v) is 8.02. The van der Waals surface area contributed by atoms with Crippen LogP contribution < -0.4 is 0 Å². The van der Waals surface area contributed by atoms with Crippen molar-refractivity contribution in [3.8, 4) is 0 Å². The van der Waals surface area contributed by atoms with Crippen molar-refractivity contribution in [1.29, 1.82) is 0 Å². The first-order valence-electron chi connectivity index (χ1n) is 9.38. The number of allylic oxidation sites excluding steroid dienone is 4. The molecular formula is C25H21Cl. The van der Waals surface area contributed by atoms with Gasteiger partial charge in [-0.05, 0) is 63.9 Å². The molecule has 26 heavy (non-hydrogen) atoms. The largest absolute Gasteiger partial charge is 0.0843 e. The van der Waals surface area contributed by atoms with Gasteiger partial charge in [0.15, 0.2) is 0 Å². The van der Waals surface area contributed by atoms with Gasteiger partial charge < -0.3 is 0 Å². The molecular weight excluding hydrogens is 336 g/mol. The van der Waals surface area contributed by atoms with Crippen molar-refractivity contribution in [3.05, 3.63) is 100 Å². The minimum Gasteiger partial charge on any atom is -0.0843 e. The third-order valence-electron chi connectivity index (χ3n) is 6.00. The highest BCUT2D eigenvalue weighted by Gasteiger charge is 2.28. The summed E-state index contributed by atoms with van der Waals surface area (Å²) >= 11 is 6.19. The van der Waals surface area contributed by atoms with E-state index in [4.69, 9.17) is 11.6 Å². The number of fused-ring (bicyclic) bond motifs is 4. The van der Waals surface area contributed by atoms with Crippen molar-refractivity contribution in [2.45, 2.75) is 25.7 Å². The van der Waals surface area contributed by atoms with Gasteiger partial charge in [-0.3, -0.25) is 0 Å². The predicted octanol–water partition coefficient (Wildman–Crippen LogP) is 7.18. The standard InChI is InChI=1S/C25H21Cl/c1-16-13-25-21-12-9-20(26)14-19(21)8-11-23(25)22-10-7-18(15-24(16)22)17-5-3-2-4-6-17/h2-12,14,16,18H,13,15H2,1H3. The average molecular weight is 357 g/mol. The Balaban J connectivity index is 1.61. The number of rotatable bonds is 1. The Labute approximate surface area is 159 Å². The van der Waals surface area contributed by atoms with Crippen molar-refractivity contribution in [3.63, 3.8) is 0 Å². The third-order valence-corrected chi connectivity index (χ3v) is 6.23. The smallest absolute Gasteiger partial charge is 0.0412 e. The van der Waals surface area contributed by atoms with Gasteiger partial charge in [0.25, 0.3) is 0 Å². The average Bonchev–Trinajstić information content (AvgIpc) is 2.68. The van der Waals surface area contributed by atoms with Gasteiger partial charge in [-0.2, -0.15) is 0 Å². The maximum Gasteiger partial charge on any atom is 0.0412 e. The zero-order valence-corrected chi connectivity index (χ0v) is 15.6. The first-order chi connectivity index (χ1) is 12.7. The van der Waals surface area contributed by atoms with Crippen molar-refractivity contribution in [2.75, 3.05) is 0 Å². The van der Waals surface area contributed by atoms with E-state index in [1.807, 2.05) is 6.07 Å². The van der Waals surface area contributed by atoms with Crippen LogP contribution in [0.5, 0.6) is 0 Å². The third kappa shape index (κ3) is 2.52. The molecule has 0 bridgehead atoms. The Hall–Kier alpha value is -2.31. The first-order valence-corrected chi connectivity index (χ1v) is 9.76. The van der Waals surface area contributed by atoms with Crippen LogP contribution >= 0.6 is 11.6 Å². The highest BCUT2D eigenvalue weighted by Crippen LogP contribution is 2.45. The van der Waals surface area contributed by atoms with Crippen molar-refractivity contribution < 1.29 is 0 Å². The maximum absolute atomic E-state index is 6.19. The lowest BCUT2D eigenvalue weighted by atomic mass is 9.71. The zero-order valence-electron chi connectivity index (χ0n) is 14.9. The molecule has 128 valence electrons. The molecule has 2 atom stereocenters. The van der Waals surface area contributed by atoms with Gasteiger partial charge >= 0.3 is 0 Å². The second kappa shape index (κ2) is 6.14. The van der Waals surface area contributed by atoms with E-state index in [2.05, 4.69) is 73.7 Å². The minimum absolute atomic E-state index is 0.498. The fourth-order valence-corrected chi connectivity index (χ4v) is 4.84.